The summed E-state index contributed by atoms with van der Waals surface area (Å²) in [4.78, 5) is 0. The molecule has 0 aliphatic heterocycles. The van der Waals surface area contributed by atoms with Crippen LogP contribution in [-0.4, -0.2) is 32.0 Å². The van der Waals surface area contributed by atoms with Crippen LogP contribution in [0.15, 0.2) is 24.3 Å². The molecule has 0 saturated heterocycles. The summed E-state index contributed by atoms with van der Waals surface area (Å²) in [5.41, 5.74) is 7.01. The van der Waals surface area contributed by atoms with Gasteiger partial charge in [0, 0.05) is 26.2 Å². The van der Waals surface area contributed by atoms with Crippen LogP contribution in [0.25, 0.3) is 0 Å². The van der Waals surface area contributed by atoms with Crippen molar-refractivity contribution < 1.29 is 14.2 Å². The van der Waals surface area contributed by atoms with Crippen molar-refractivity contribution in [2.45, 2.75) is 38.2 Å². The Bertz CT molecular complexity index is 383. The Labute approximate surface area is 108 Å². The van der Waals surface area contributed by atoms with Crippen LogP contribution < -0.4 is 10.5 Å². The van der Waals surface area contributed by atoms with E-state index in [1.165, 1.54) is 0 Å². The Hall–Kier alpha value is -1.10. The van der Waals surface area contributed by atoms with Crippen LogP contribution >= 0.6 is 0 Å². The molecule has 2 rings (SSSR count). The monoisotopic (exact) mass is 251 g/mol. The average Bonchev–Trinajstić information content (AvgIpc) is 2.36. The van der Waals surface area contributed by atoms with Crippen molar-refractivity contribution >= 4 is 0 Å². The fourth-order valence-electron chi connectivity index (χ4n) is 2.20. The number of ether oxygens (including phenoxy) is 3. The predicted octanol–water partition coefficient (Wildman–Crippen LogP) is 1.72. The molecule has 100 valence electrons. The van der Waals surface area contributed by atoms with Crippen LogP contribution in [0.3, 0.4) is 0 Å². The summed E-state index contributed by atoms with van der Waals surface area (Å²) < 4.78 is 16.6. The van der Waals surface area contributed by atoms with Gasteiger partial charge in [-0.15, -0.1) is 0 Å². The van der Waals surface area contributed by atoms with E-state index < -0.39 is 0 Å². The van der Waals surface area contributed by atoms with Gasteiger partial charge in [-0.2, -0.15) is 0 Å². The van der Waals surface area contributed by atoms with Gasteiger partial charge in [0.2, 0.25) is 0 Å². The molecule has 1 aliphatic carbocycles. The third-order valence-electron chi connectivity index (χ3n) is 3.15. The highest BCUT2D eigenvalue weighted by Crippen LogP contribution is 2.28. The van der Waals surface area contributed by atoms with Gasteiger partial charge in [-0.05, 0) is 24.6 Å². The molecule has 2 N–H and O–H groups in total. The Morgan fingerprint density at radius 1 is 1.39 bits per heavy atom. The standard InChI is InChI=1S/C14H21NO3/c1-3-17-14-12(15)8-13(14)18-11-6-4-5-10(7-11)9-16-2/h4-7,12-14H,3,8-9,15H2,1-2H3. The molecule has 0 aromatic heterocycles. The predicted molar refractivity (Wildman–Crippen MR) is 69.6 cm³/mol. The Morgan fingerprint density at radius 3 is 2.89 bits per heavy atom. The largest absolute Gasteiger partial charge is 0.488 e. The molecule has 4 heteroatoms. The van der Waals surface area contributed by atoms with E-state index in [0.717, 1.165) is 17.7 Å². The molecule has 1 aromatic carbocycles. The SMILES string of the molecule is CCOC1C(N)CC1Oc1cccc(COC)c1. The van der Waals surface area contributed by atoms with E-state index >= 15 is 0 Å². The summed E-state index contributed by atoms with van der Waals surface area (Å²) >= 11 is 0. The molecule has 1 aliphatic rings. The first-order valence-electron chi connectivity index (χ1n) is 6.36. The van der Waals surface area contributed by atoms with E-state index in [4.69, 9.17) is 19.9 Å². The van der Waals surface area contributed by atoms with Crippen molar-refractivity contribution in [3.63, 3.8) is 0 Å². The lowest BCUT2D eigenvalue weighted by Crippen LogP contribution is -2.59. The number of benzene rings is 1. The summed E-state index contributed by atoms with van der Waals surface area (Å²) in [5.74, 6) is 0.853. The van der Waals surface area contributed by atoms with Crippen molar-refractivity contribution in [2.24, 2.45) is 5.73 Å². The quantitative estimate of drug-likeness (QED) is 0.836. The highest BCUT2D eigenvalue weighted by molar-refractivity contribution is 5.28. The van der Waals surface area contributed by atoms with E-state index in [0.29, 0.717) is 13.2 Å². The van der Waals surface area contributed by atoms with Crippen molar-refractivity contribution in [1.82, 2.24) is 0 Å². The van der Waals surface area contributed by atoms with Gasteiger partial charge in [-0.25, -0.2) is 0 Å². The van der Waals surface area contributed by atoms with Gasteiger partial charge >= 0.3 is 0 Å². The van der Waals surface area contributed by atoms with Crippen molar-refractivity contribution in [3.8, 4) is 5.75 Å². The lowest BCUT2D eigenvalue weighted by atomic mass is 9.86. The van der Waals surface area contributed by atoms with Gasteiger partial charge in [0.25, 0.3) is 0 Å². The number of nitrogens with two attached hydrogens (primary N) is 1. The number of hydrogen-bond acceptors (Lipinski definition) is 4. The van der Waals surface area contributed by atoms with E-state index in [-0.39, 0.29) is 18.2 Å². The van der Waals surface area contributed by atoms with Crippen molar-refractivity contribution in [1.29, 1.82) is 0 Å². The molecule has 0 amide bonds. The summed E-state index contributed by atoms with van der Waals surface area (Å²) in [6, 6.07) is 8.03. The average molecular weight is 251 g/mol. The van der Waals surface area contributed by atoms with Gasteiger partial charge < -0.3 is 19.9 Å². The smallest absolute Gasteiger partial charge is 0.128 e. The fourth-order valence-corrected chi connectivity index (χ4v) is 2.20. The molecule has 3 atom stereocenters. The molecular formula is C14H21NO3. The zero-order valence-corrected chi connectivity index (χ0v) is 11.0. The van der Waals surface area contributed by atoms with Crippen LogP contribution in [0.4, 0.5) is 0 Å². The summed E-state index contributed by atoms with van der Waals surface area (Å²) in [6.07, 6.45) is 0.929. The second-order valence-electron chi connectivity index (χ2n) is 4.56. The fraction of sp³-hybridized carbons (Fsp3) is 0.571. The zero-order valence-electron chi connectivity index (χ0n) is 11.0. The molecule has 4 nitrogen and oxygen atoms in total. The first-order chi connectivity index (χ1) is 8.74. The number of rotatable bonds is 6. The molecule has 0 radical (unpaired) electrons. The molecule has 18 heavy (non-hydrogen) atoms. The van der Waals surface area contributed by atoms with Gasteiger partial charge in [0.05, 0.1) is 6.61 Å². The molecule has 1 aromatic rings. The van der Waals surface area contributed by atoms with Crippen molar-refractivity contribution in [3.05, 3.63) is 29.8 Å². The summed E-state index contributed by atoms with van der Waals surface area (Å²) in [6.45, 7) is 3.24. The maximum Gasteiger partial charge on any atom is 0.128 e. The maximum absolute atomic E-state index is 5.91. The van der Waals surface area contributed by atoms with Crippen LogP contribution in [0.1, 0.15) is 18.9 Å². The molecule has 0 bridgehead atoms. The molecule has 1 fully saturated rings. The summed E-state index contributed by atoms with van der Waals surface area (Å²) in [7, 11) is 1.68. The third-order valence-corrected chi connectivity index (χ3v) is 3.15. The molecule has 1 saturated carbocycles. The first-order valence-corrected chi connectivity index (χ1v) is 6.36. The number of methoxy groups -OCH3 is 1. The van der Waals surface area contributed by atoms with Crippen LogP contribution in [-0.2, 0) is 16.1 Å². The van der Waals surface area contributed by atoms with Crippen molar-refractivity contribution in [2.75, 3.05) is 13.7 Å². The van der Waals surface area contributed by atoms with Gasteiger partial charge in [0.15, 0.2) is 0 Å². The van der Waals surface area contributed by atoms with Crippen LogP contribution in [0.5, 0.6) is 5.75 Å². The zero-order chi connectivity index (χ0) is 13.0. The van der Waals surface area contributed by atoms with E-state index in [1.54, 1.807) is 7.11 Å². The third kappa shape index (κ3) is 3.02. The first kappa shape index (κ1) is 13.3. The maximum atomic E-state index is 5.91. The van der Waals surface area contributed by atoms with Crippen LogP contribution in [0.2, 0.25) is 0 Å². The minimum atomic E-state index is 0.0149. The van der Waals surface area contributed by atoms with Gasteiger partial charge in [0.1, 0.15) is 18.0 Å². The Kier molecular flexibility index (Phi) is 4.58. The molecule has 3 unspecified atom stereocenters. The lowest BCUT2D eigenvalue weighted by Gasteiger charge is -2.41. The molecule has 0 heterocycles. The summed E-state index contributed by atoms with van der Waals surface area (Å²) in [5, 5.41) is 0. The highest BCUT2D eigenvalue weighted by atomic mass is 16.5. The van der Waals surface area contributed by atoms with Gasteiger partial charge in [-0.1, -0.05) is 12.1 Å². The highest BCUT2D eigenvalue weighted by Gasteiger charge is 2.41. The minimum Gasteiger partial charge on any atom is -0.488 e. The topological polar surface area (TPSA) is 53.7 Å². The Morgan fingerprint density at radius 2 is 2.22 bits per heavy atom. The second kappa shape index (κ2) is 6.18. The van der Waals surface area contributed by atoms with E-state index in [1.807, 2.05) is 31.2 Å². The van der Waals surface area contributed by atoms with E-state index in [2.05, 4.69) is 0 Å². The molecular weight excluding hydrogens is 230 g/mol. The molecule has 0 spiro atoms. The lowest BCUT2D eigenvalue weighted by molar-refractivity contribution is -0.0945. The van der Waals surface area contributed by atoms with E-state index in [9.17, 15) is 0 Å². The van der Waals surface area contributed by atoms with Crippen LogP contribution in [0, 0.1) is 0 Å². The minimum absolute atomic E-state index is 0.0149. The second-order valence-corrected chi connectivity index (χ2v) is 4.56. The normalized spacial score (nSPS) is 26.7. The van der Waals surface area contributed by atoms with Gasteiger partial charge in [-0.3, -0.25) is 0 Å². The number of hydrogen-bond donors (Lipinski definition) is 1. The Balaban J connectivity index is 1.95.